The fraction of sp³-hybridized carbons (Fsp3) is 0.909. The van der Waals surface area contributed by atoms with Crippen molar-refractivity contribution in [3.63, 3.8) is 0 Å². The molecule has 15 heavy (non-hydrogen) atoms. The molecule has 0 spiro atoms. The van der Waals surface area contributed by atoms with Gasteiger partial charge in [-0.1, -0.05) is 13.8 Å². The summed E-state index contributed by atoms with van der Waals surface area (Å²) in [5, 5.41) is 0. The van der Waals surface area contributed by atoms with Crippen molar-refractivity contribution in [2.75, 3.05) is 26.4 Å². The molecule has 0 aromatic rings. The molecule has 90 valence electrons. The molecule has 0 saturated carbocycles. The van der Waals surface area contributed by atoms with E-state index in [1.54, 1.807) is 0 Å². The highest BCUT2D eigenvalue weighted by Gasteiger charge is 2.13. The van der Waals surface area contributed by atoms with Gasteiger partial charge in [0.25, 0.3) is 0 Å². The predicted molar refractivity (Wildman–Crippen MR) is 59.5 cm³/mol. The van der Waals surface area contributed by atoms with Gasteiger partial charge in [0.2, 0.25) is 0 Å². The summed E-state index contributed by atoms with van der Waals surface area (Å²) in [6.45, 7) is 6.10. The van der Waals surface area contributed by atoms with Crippen molar-refractivity contribution in [2.45, 2.75) is 33.1 Å². The van der Waals surface area contributed by atoms with E-state index in [2.05, 4.69) is 0 Å². The molecule has 0 aromatic carbocycles. The first kappa shape index (κ1) is 14.4. The number of hydrogen-bond acceptors (Lipinski definition) is 4. The minimum absolute atomic E-state index is 0.0558. The smallest absolute Gasteiger partial charge is 0.308 e. The number of ether oxygens (including phenoxy) is 2. The average Bonchev–Trinajstić information content (AvgIpc) is 2.25. The maximum absolute atomic E-state index is 11.4. The molecule has 1 unspecified atom stereocenters. The number of carbonyl (C=O) groups is 1. The standard InChI is InChI=1S/C11H23NO3/c1-3-7-14-8-9-15-11(13)10(2)5-4-6-12/h10H,3-9,12H2,1-2H3. The van der Waals surface area contributed by atoms with Gasteiger partial charge >= 0.3 is 5.97 Å². The Morgan fingerprint density at radius 2 is 2.07 bits per heavy atom. The molecular weight excluding hydrogens is 194 g/mol. The van der Waals surface area contributed by atoms with Gasteiger partial charge in [0.1, 0.15) is 6.61 Å². The average molecular weight is 217 g/mol. The first-order valence-electron chi connectivity index (χ1n) is 5.66. The van der Waals surface area contributed by atoms with E-state index in [0.717, 1.165) is 25.9 Å². The molecule has 0 aliphatic rings. The maximum atomic E-state index is 11.4. The summed E-state index contributed by atoms with van der Waals surface area (Å²) in [6, 6.07) is 0. The number of hydrogen-bond donors (Lipinski definition) is 1. The Morgan fingerprint density at radius 3 is 2.67 bits per heavy atom. The van der Waals surface area contributed by atoms with Crippen LogP contribution in [-0.2, 0) is 14.3 Å². The summed E-state index contributed by atoms with van der Waals surface area (Å²) in [5.41, 5.74) is 5.36. The second-order valence-electron chi connectivity index (χ2n) is 3.61. The van der Waals surface area contributed by atoms with Crippen LogP contribution in [0.5, 0.6) is 0 Å². The topological polar surface area (TPSA) is 61.5 Å². The van der Waals surface area contributed by atoms with Crippen molar-refractivity contribution in [3.8, 4) is 0 Å². The van der Waals surface area contributed by atoms with Crippen molar-refractivity contribution in [1.29, 1.82) is 0 Å². The fourth-order valence-corrected chi connectivity index (χ4v) is 1.13. The SMILES string of the molecule is CCCOCCOC(=O)C(C)CCCN. The Morgan fingerprint density at radius 1 is 1.33 bits per heavy atom. The van der Waals surface area contributed by atoms with Crippen LogP contribution in [0.1, 0.15) is 33.1 Å². The third-order valence-corrected chi connectivity index (χ3v) is 2.06. The largest absolute Gasteiger partial charge is 0.463 e. The van der Waals surface area contributed by atoms with E-state index in [1.165, 1.54) is 0 Å². The molecule has 0 bridgehead atoms. The van der Waals surface area contributed by atoms with E-state index in [9.17, 15) is 4.79 Å². The normalized spacial score (nSPS) is 12.5. The lowest BCUT2D eigenvalue weighted by Gasteiger charge is -2.10. The maximum Gasteiger partial charge on any atom is 0.308 e. The monoisotopic (exact) mass is 217 g/mol. The molecule has 2 N–H and O–H groups in total. The molecule has 4 nitrogen and oxygen atoms in total. The molecule has 4 heteroatoms. The summed E-state index contributed by atoms with van der Waals surface area (Å²) >= 11 is 0. The molecule has 0 aliphatic carbocycles. The molecule has 0 saturated heterocycles. The van der Waals surface area contributed by atoms with Gasteiger partial charge in [0.05, 0.1) is 12.5 Å². The van der Waals surface area contributed by atoms with Crippen LogP contribution in [0, 0.1) is 5.92 Å². The highest BCUT2D eigenvalue weighted by atomic mass is 16.6. The zero-order valence-electron chi connectivity index (χ0n) is 9.83. The van der Waals surface area contributed by atoms with Gasteiger partial charge in [-0.3, -0.25) is 4.79 Å². The number of esters is 1. The van der Waals surface area contributed by atoms with E-state index in [0.29, 0.717) is 19.8 Å². The molecule has 0 rings (SSSR count). The fourth-order valence-electron chi connectivity index (χ4n) is 1.13. The lowest BCUT2D eigenvalue weighted by atomic mass is 10.1. The van der Waals surface area contributed by atoms with Gasteiger partial charge in [-0.15, -0.1) is 0 Å². The number of carbonyl (C=O) groups excluding carboxylic acids is 1. The Kier molecular flexibility index (Phi) is 9.52. The van der Waals surface area contributed by atoms with Crippen LogP contribution < -0.4 is 5.73 Å². The van der Waals surface area contributed by atoms with E-state index < -0.39 is 0 Å². The van der Waals surface area contributed by atoms with Gasteiger partial charge in [-0.2, -0.15) is 0 Å². The third-order valence-electron chi connectivity index (χ3n) is 2.06. The zero-order chi connectivity index (χ0) is 11.5. The zero-order valence-corrected chi connectivity index (χ0v) is 9.83. The summed E-state index contributed by atoms with van der Waals surface area (Å²) in [4.78, 5) is 11.4. The quantitative estimate of drug-likeness (QED) is 0.467. The van der Waals surface area contributed by atoms with Crippen LogP contribution in [0.4, 0.5) is 0 Å². The molecule has 0 radical (unpaired) electrons. The molecule has 1 atom stereocenters. The van der Waals surface area contributed by atoms with Crippen LogP contribution in [-0.4, -0.2) is 32.3 Å². The van der Waals surface area contributed by atoms with Crippen LogP contribution in [0.25, 0.3) is 0 Å². The minimum Gasteiger partial charge on any atom is -0.463 e. The second-order valence-corrected chi connectivity index (χ2v) is 3.61. The Balaban J connectivity index is 3.38. The number of nitrogens with two attached hydrogens (primary N) is 1. The van der Waals surface area contributed by atoms with E-state index >= 15 is 0 Å². The predicted octanol–water partition coefficient (Wildman–Crippen LogP) is 1.33. The Hall–Kier alpha value is -0.610. The van der Waals surface area contributed by atoms with Crippen molar-refractivity contribution in [2.24, 2.45) is 11.7 Å². The Labute approximate surface area is 92.1 Å². The second kappa shape index (κ2) is 9.93. The lowest BCUT2D eigenvalue weighted by molar-refractivity contribution is -0.149. The number of rotatable bonds is 9. The van der Waals surface area contributed by atoms with E-state index in [4.69, 9.17) is 15.2 Å². The summed E-state index contributed by atoms with van der Waals surface area (Å²) < 4.78 is 10.2. The van der Waals surface area contributed by atoms with Crippen LogP contribution >= 0.6 is 0 Å². The lowest BCUT2D eigenvalue weighted by Crippen LogP contribution is -2.18. The van der Waals surface area contributed by atoms with Gasteiger partial charge in [0.15, 0.2) is 0 Å². The minimum atomic E-state index is -0.149. The summed E-state index contributed by atoms with van der Waals surface area (Å²) in [6.07, 6.45) is 2.65. The van der Waals surface area contributed by atoms with Crippen LogP contribution in [0.3, 0.4) is 0 Å². The first-order chi connectivity index (χ1) is 7.22. The van der Waals surface area contributed by atoms with Crippen molar-refractivity contribution >= 4 is 5.97 Å². The van der Waals surface area contributed by atoms with Gasteiger partial charge in [0, 0.05) is 6.61 Å². The van der Waals surface area contributed by atoms with Gasteiger partial charge in [-0.05, 0) is 25.8 Å². The molecule has 0 heterocycles. The van der Waals surface area contributed by atoms with E-state index in [-0.39, 0.29) is 11.9 Å². The van der Waals surface area contributed by atoms with Crippen molar-refractivity contribution in [3.05, 3.63) is 0 Å². The molecule has 0 amide bonds. The molecule has 0 aromatic heterocycles. The molecule has 0 aliphatic heterocycles. The van der Waals surface area contributed by atoms with E-state index in [1.807, 2.05) is 13.8 Å². The van der Waals surface area contributed by atoms with Crippen molar-refractivity contribution in [1.82, 2.24) is 0 Å². The van der Waals surface area contributed by atoms with Gasteiger partial charge < -0.3 is 15.2 Å². The molecule has 0 fully saturated rings. The highest BCUT2D eigenvalue weighted by Crippen LogP contribution is 2.06. The van der Waals surface area contributed by atoms with Crippen molar-refractivity contribution < 1.29 is 14.3 Å². The molecular formula is C11H23NO3. The third kappa shape index (κ3) is 8.39. The first-order valence-corrected chi connectivity index (χ1v) is 5.66. The van der Waals surface area contributed by atoms with Gasteiger partial charge in [-0.25, -0.2) is 0 Å². The summed E-state index contributed by atoms with van der Waals surface area (Å²) in [5.74, 6) is -0.205. The summed E-state index contributed by atoms with van der Waals surface area (Å²) in [7, 11) is 0. The van der Waals surface area contributed by atoms with Crippen LogP contribution in [0.2, 0.25) is 0 Å². The highest BCUT2D eigenvalue weighted by molar-refractivity contribution is 5.71. The van der Waals surface area contributed by atoms with Crippen LogP contribution in [0.15, 0.2) is 0 Å². The Bertz CT molecular complexity index is 162.